The van der Waals surface area contributed by atoms with Crippen LogP contribution in [0.5, 0.6) is 0 Å². The molecule has 1 unspecified atom stereocenters. The van der Waals surface area contributed by atoms with Crippen molar-refractivity contribution < 1.29 is 14.0 Å². The van der Waals surface area contributed by atoms with Gasteiger partial charge in [-0.15, -0.1) is 0 Å². The van der Waals surface area contributed by atoms with Gasteiger partial charge in [-0.1, -0.05) is 18.5 Å². The molecule has 2 heterocycles. The number of halogens is 1. The number of nitrogens with zero attached hydrogens (tertiary/aromatic N) is 2. The molecule has 2 aromatic rings. The van der Waals surface area contributed by atoms with Crippen LogP contribution in [0.3, 0.4) is 0 Å². The summed E-state index contributed by atoms with van der Waals surface area (Å²) >= 11 is 0. The van der Waals surface area contributed by atoms with Crippen molar-refractivity contribution in [3.63, 3.8) is 0 Å². The van der Waals surface area contributed by atoms with E-state index in [9.17, 15) is 9.50 Å². The van der Waals surface area contributed by atoms with E-state index in [-0.39, 0.29) is 24.4 Å². The Bertz CT molecular complexity index is 613. The van der Waals surface area contributed by atoms with E-state index in [1.54, 1.807) is 6.07 Å². The molecule has 1 aliphatic rings. The highest BCUT2D eigenvalue weighted by atomic mass is 19.1. The van der Waals surface area contributed by atoms with Gasteiger partial charge < -0.3 is 9.63 Å². The maximum absolute atomic E-state index is 13.3. The van der Waals surface area contributed by atoms with Crippen molar-refractivity contribution in [3.05, 3.63) is 29.7 Å². The highest BCUT2D eigenvalue weighted by Crippen LogP contribution is 2.35. The summed E-state index contributed by atoms with van der Waals surface area (Å²) in [6.45, 7) is 4.08. The molecule has 1 N–H and O–H groups in total. The van der Waals surface area contributed by atoms with Gasteiger partial charge in [0.1, 0.15) is 11.5 Å². The van der Waals surface area contributed by atoms with E-state index in [4.69, 9.17) is 4.52 Å². The average molecular weight is 292 g/mol. The number of fused-ring (bicyclic) bond motifs is 1. The molecular formula is C16H21FN2O2. The Hall–Kier alpha value is -1.46. The van der Waals surface area contributed by atoms with Gasteiger partial charge in [0.25, 0.3) is 0 Å². The molecule has 2 atom stereocenters. The molecule has 1 saturated heterocycles. The molecule has 21 heavy (non-hydrogen) atoms. The first kappa shape index (κ1) is 14.5. The lowest BCUT2D eigenvalue weighted by Gasteiger charge is -2.36. The predicted molar refractivity (Wildman–Crippen MR) is 78.4 cm³/mol. The van der Waals surface area contributed by atoms with E-state index in [0.29, 0.717) is 5.58 Å². The Morgan fingerprint density at radius 2 is 2.33 bits per heavy atom. The van der Waals surface area contributed by atoms with E-state index in [0.717, 1.165) is 37.0 Å². The van der Waals surface area contributed by atoms with Crippen LogP contribution >= 0.6 is 0 Å². The second-order valence-electron chi connectivity index (χ2n) is 6.00. The fraction of sp³-hybridized carbons (Fsp3) is 0.562. The van der Waals surface area contributed by atoms with Crippen molar-refractivity contribution in [1.29, 1.82) is 0 Å². The summed E-state index contributed by atoms with van der Waals surface area (Å²) in [6, 6.07) is 4.78. The van der Waals surface area contributed by atoms with Crippen LogP contribution in [-0.4, -0.2) is 34.9 Å². The first-order valence-electron chi connectivity index (χ1n) is 7.58. The minimum atomic E-state index is -0.306. The molecule has 0 amide bonds. The Kier molecular flexibility index (Phi) is 4.22. The third kappa shape index (κ3) is 2.94. The van der Waals surface area contributed by atoms with Crippen LogP contribution in [-0.2, 0) is 0 Å². The molecule has 0 aliphatic carbocycles. The first-order chi connectivity index (χ1) is 10.2. The number of benzene rings is 1. The lowest BCUT2D eigenvalue weighted by Crippen LogP contribution is -2.37. The van der Waals surface area contributed by atoms with E-state index >= 15 is 0 Å². The summed E-state index contributed by atoms with van der Waals surface area (Å²) in [5.74, 6) is -0.0687. The molecule has 0 spiro atoms. The predicted octanol–water partition coefficient (Wildman–Crippen LogP) is 3.12. The standard InChI is InChI=1S/C16H21FN2O2/c1-11(10-20)9-19-7-3-2-4-14(19)16-13-6-5-12(17)8-15(13)21-18-16/h5-6,8,11,14,20H,2-4,7,9-10H2,1H3/t11?,14-/m1/s1. The van der Waals surface area contributed by atoms with Crippen LogP contribution in [0, 0.1) is 11.7 Å². The molecule has 5 heteroatoms. The van der Waals surface area contributed by atoms with Gasteiger partial charge in [0.2, 0.25) is 0 Å². The van der Waals surface area contributed by atoms with Crippen molar-refractivity contribution in [2.45, 2.75) is 32.2 Å². The lowest BCUT2D eigenvalue weighted by atomic mass is 9.96. The zero-order valence-electron chi connectivity index (χ0n) is 12.3. The van der Waals surface area contributed by atoms with E-state index in [1.807, 2.05) is 6.92 Å². The highest BCUT2D eigenvalue weighted by Gasteiger charge is 2.29. The van der Waals surface area contributed by atoms with Gasteiger partial charge in [0.15, 0.2) is 5.58 Å². The van der Waals surface area contributed by atoms with Gasteiger partial charge in [-0.05, 0) is 37.4 Å². The quantitative estimate of drug-likeness (QED) is 0.940. The van der Waals surface area contributed by atoms with Gasteiger partial charge >= 0.3 is 0 Å². The molecule has 4 nitrogen and oxygen atoms in total. The van der Waals surface area contributed by atoms with Crippen molar-refractivity contribution in [2.24, 2.45) is 5.92 Å². The van der Waals surface area contributed by atoms with Gasteiger partial charge in [0.05, 0.1) is 6.04 Å². The van der Waals surface area contributed by atoms with Crippen LogP contribution in [0.4, 0.5) is 4.39 Å². The van der Waals surface area contributed by atoms with Gasteiger partial charge in [-0.25, -0.2) is 4.39 Å². The van der Waals surface area contributed by atoms with E-state index in [1.165, 1.54) is 18.6 Å². The number of hydrogen-bond acceptors (Lipinski definition) is 4. The molecule has 0 radical (unpaired) electrons. The van der Waals surface area contributed by atoms with Crippen LogP contribution in [0.15, 0.2) is 22.7 Å². The lowest BCUT2D eigenvalue weighted by molar-refractivity contribution is 0.103. The number of piperidine rings is 1. The molecule has 1 aromatic heterocycles. The second kappa shape index (κ2) is 6.12. The summed E-state index contributed by atoms with van der Waals surface area (Å²) < 4.78 is 18.6. The van der Waals surface area contributed by atoms with Crippen LogP contribution in [0.1, 0.15) is 37.9 Å². The average Bonchev–Trinajstić information content (AvgIpc) is 2.90. The number of aliphatic hydroxyl groups excluding tert-OH is 1. The van der Waals surface area contributed by atoms with Crippen LogP contribution < -0.4 is 0 Å². The SMILES string of the molecule is CC(CO)CN1CCCC[C@@H]1c1noc2cc(F)ccc12. The minimum absolute atomic E-state index is 0.188. The highest BCUT2D eigenvalue weighted by molar-refractivity contribution is 5.79. The maximum atomic E-state index is 13.3. The fourth-order valence-electron chi connectivity index (χ4n) is 3.15. The number of likely N-dealkylation sites (tertiary alicyclic amines) is 1. The van der Waals surface area contributed by atoms with E-state index in [2.05, 4.69) is 10.1 Å². The number of aliphatic hydroxyl groups is 1. The van der Waals surface area contributed by atoms with Gasteiger partial charge in [-0.3, -0.25) is 4.90 Å². The molecule has 3 rings (SSSR count). The molecule has 0 bridgehead atoms. The molecule has 0 saturated carbocycles. The Morgan fingerprint density at radius 3 is 3.14 bits per heavy atom. The monoisotopic (exact) mass is 292 g/mol. The number of hydrogen-bond donors (Lipinski definition) is 1. The Balaban J connectivity index is 1.91. The fourth-order valence-corrected chi connectivity index (χ4v) is 3.15. The number of aromatic nitrogens is 1. The van der Waals surface area contributed by atoms with Crippen molar-refractivity contribution in [2.75, 3.05) is 19.7 Å². The molecule has 1 aromatic carbocycles. The third-order valence-corrected chi connectivity index (χ3v) is 4.25. The van der Waals surface area contributed by atoms with Crippen LogP contribution in [0.25, 0.3) is 11.0 Å². The largest absolute Gasteiger partial charge is 0.396 e. The van der Waals surface area contributed by atoms with Crippen molar-refractivity contribution in [3.8, 4) is 0 Å². The summed E-state index contributed by atoms with van der Waals surface area (Å²) in [5.41, 5.74) is 1.40. The Labute approximate surface area is 123 Å². The van der Waals surface area contributed by atoms with Crippen molar-refractivity contribution in [1.82, 2.24) is 10.1 Å². The first-order valence-corrected chi connectivity index (χ1v) is 7.58. The topological polar surface area (TPSA) is 49.5 Å². The second-order valence-corrected chi connectivity index (χ2v) is 6.00. The summed E-state index contributed by atoms with van der Waals surface area (Å²) in [7, 11) is 0. The smallest absolute Gasteiger partial charge is 0.170 e. The normalized spacial score (nSPS) is 21.8. The van der Waals surface area contributed by atoms with Gasteiger partial charge in [0, 0.05) is 24.6 Å². The van der Waals surface area contributed by atoms with Gasteiger partial charge in [-0.2, -0.15) is 0 Å². The van der Waals surface area contributed by atoms with E-state index < -0.39 is 0 Å². The van der Waals surface area contributed by atoms with Crippen molar-refractivity contribution >= 4 is 11.0 Å². The molecule has 1 aliphatic heterocycles. The molecule has 1 fully saturated rings. The summed E-state index contributed by atoms with van der Waals surface area (Å²) in [5, 5.41) is 14.4. The summed E-state index contributed by atoms with van der Waals surface area (Å²) in [4.78, 5) is 2.37. The van der Waals surface area contributed by atoms with Crippen LogP contribution in [0.2, 0.25) is 0 Å². The number of rotatable bonds is 4. The molecule has 114 valence electrons. The summed E-state index contributed by atoms with van der Waals surface area (Å²) in [6.07, 6.45) is 3.35. The maximum Gasteiger partial charge on any atom is 0.170 e. The zero-order chi connectivity index (χ0) is 14.8. The Morgan fingerprint density at radius 1 is 1.48 bits per heavy atom. The molecular weight excluding hydrogens is 271 g/mol. The zero-order valence-corrected chi connectivity index (χ0v) is 12.3. The minimum Gasteiger partial charge on any atom is -0.396 e. The third-order valence-electron chi connectivity index (χ3n) is 4.25.